The van der Waals surface area contributed by atoms with Crippen molar-refractivity contribution in [3.63, 3.8) is 0 Å². The molecule has 1 aromatic heterocycles. The van der Waals surface area contributed by atoms with Crippen molar-refractivity contribution < 1.29 is 25.3 Å². The number of rotatable bonds is 7. The Kier molecular flexibility index (Phi) is 5.79. The third kappa shape index (κ3) is 5.33. The Bertz CT molecular complexity index is 855. The van der Waals surface area contributed by atoms with Gasteiger partial charge in [0.1, 0.15) is 10.6 Å². The minimum absolute atomic E-state index is 0. The highest BCUT2D eigenvalue weighted by Crippen LogP contribution is 2.45. The van der Waals surface area contributed by atoms with Crippen LogP contribution in [0.15, 0.2) is 0 Å². The van der Waals surface area contributed by atoms with Crippen LogP contribution < -0.4 is 15.4 Å². The van der Waals surface area contributed by atoms with Crippen LogP contribution in [0.5, 0.6) is 5.06 Å². The summed E-state index contributed by atoms with van der Waals surface area (Å²) in [5.74, 6) is 0.0688. The van der Waals surface area contributed by atoms with E-state index in [1.807, 2.05) is 20.8 Å². The lowest BCUT2D eigenvalue weighted by Crippen LogP contribution is -2.31. The van der Waals surface area contributed by atoms with Gasteiger partial charge >= 0.3 is 5.97 Å². The maximum absolute atomic E-state index is 13.0. The van der Waals surface area contributed by atoms with Crippen molar-refractivity contribution in [2.24, 2.45) is 17.8 Å². The molecule has 2 fully saturated rings. The van der Waals surface area contributed by atoms with E-state index in [1.54, 1.807) is 0 Å². The molecule has 0 aromatic carbocycles. The largest absolute Gasteiger partial charge is 0.483 e. The van der Waals surface area contributed by atoms with E-state index in [1.165, 1.54) is 11.3 Å². The van der Waals surface area contributed by atoms with Crippen LogP contribution in [-0.4, -0.2) is 36.5 Å². The number of hydrogen-bond donors (Lipinski definition) is 2. The van der Waals surface area contributed by atoms with Crippen LogP contribution in [0.3, 0.4) is 0 Å². The van der Waals surface area contributed by atoms with Gasteiger partial charge < -0.3 is 20.1 Å². The Labute approximate surface area is 182 Å². The third-order valence-corrected chi connectivity index (χ3v) is 6.51. The second-order valence-corrected chi connectivity index (χ2v) is 10.6. The van der Waals surface area contributed by atoms with Crippen molar-refractivity contribution in [1.29, 1.82) is 0 Å². The molecular weight excluding hydrogens is 404 g/mol. The van der Waals surface area contributed by atoms with Crippen LogP contribution >= 0.6 is 11.3 Å². The van der Waals surface area contributed by atoms with Gasteiger partial charge in [-0.15, -0.1) is 0 Å². The molecule has 4 rings (SSSR count). The Morgan fingerprint density at radius 3 is 2.53 bits per heavy atom. The smallest absolute Gasteiger partial charge is 0.306 e. The van der Waals surface area contributed by atoms with Crippen molar-refractivity contribution in [3.05, 3.63) is 11.1 Å². The molecule has 1 atom stereocenters. The van der Waals surface area contributed by atoms with Gasteiger partial charge in [0.2, 0.25) is 5.91 Å². The predicted octanol–water partition coefficient (Wildman–Crippen LogP) is 3.77. The molecule has 2 N–H and O–H groups in total. The van der Waals surface area contributed by atoms with Crippen LogP contribution in [0.1, 0.15) is 70.2 Å². The van der Waals surface area contributed by atoms with E-state index in [-0.39, 0.29) is 37.5 Å². The molecule has 0 spiro atoms. The monoisotopic (exact) mass is 436 g/mol. The highest BCUT2D eigenvalue weighted by atomic mass is 32.1. The molecule has 2 heterocycles. The average molecular weight is 437 g/mol. The molecule has 0 radical (unpaired) electrons. The first-order valence-corrected chi connectivity index (χ1v) is 11.6. The number of carbonyl (C=O) groups is 3. The second kappa shape index (κ2) is 8.21. The van der Waals surface area contributed by atoms with Crippen molar-refractivity contribution in [3.8, 4) is 5.06 Å². The molecule has 2 aliphatic carbocycles. The zero-order valence-electron chi connectivity index (χ0n) is 17.8. The van der Waals surface area contributed by atoms with E-state index >= 15 is 0 Å². The molecule has 0 saturated heterocycles. The summed E-state index contributed by atoms with van der Waals surface area (Å²) in [6, 6.07) is 0. The summed E-state index contributed by atoms with van der Waals surface area (Å²) in [7, 11) is 0. The number of fused-ring (bicyclic) bond motifs is 1. The second-order valence-electron chi connectivity index (χ2n) is 9.66. The lowest BCUT2D eigenvalue weighted by molar-refractivity contribution is -0.156. The summed E-state index contributed by atoms with van der Waals surface area (Å²) >= 11 is 1.31. The fourth-order valence-corrected chi connectivity index (χ4v) is 4.66. The van der Waals surface area contributed by atoms with Gasteiger partial charge in [-0.1, -0.05) is 11.3 Å². The average Bonchev–Trinajstić information content (AvgIpc) is 3.55. The first-order valence-electron chi connectivity index (χ1n) is 10.8. The number of amides is 2. The maximum Gasteiger partial charge on any atom is 0.306 e. The maximum atomic E-state index is 13.0. The number of esters is 1. The number of thiophene rings is 1. The van der Waals surface area contributed by atoms with Crippen LogP contribution in [-0.2, 0) is 20.7 Å². The standard InChI is InChI=1S/C22H30N2O5S.H2/c1-22(2,3)29-16(25)9-13-8-15-17(19(27)23-10-12-4-5-12)20(30-21(15)28-11-13)24-18(26)14-6-7-14;/h12-14H,4-11H2,1-3H3,(H,23,27)(H,24,26);1H. The Morgan fingerprint density at radius 2 is 1.90 bits per heavy atom. The molecule has 7 nitrogen and oxygen atoms in total. The fraction of sp³-hybridized carbons (Fsp3) is 0.682. The molecule has 3 aliphatic rings. The molecule has 30 heavy (non-hydrogen) atoms. The van der Waals surface area contributed by atoms with Crippen LogP contribution in [0.25, 0.3) is 0 Å². The van der Waals surface area contributed by atoms with Gasteiger partial charge in [0.05, 0.1) is 18.6 Å². The molecule has 166 valence electrons. The van der Waals surface area contributed by atoms with Gasteiger partial charge in [-0.3, -0.25) is 14.4 Å². The third-order valence-electron chi connectivity index (χ3n) is 5.45. The number of nitrogens with one attached hydrogen (secondary N) is 2. The van der Waals surface area contributed by atoms with E-state index in [2.05, 4.69) is 10.6 Å². The lowest BCUT2D eigenvalue weighted by atomic mass is 9.93. The normalized spacial score (nSPS) is 20.7. The van der Waals surface area contributed by atoms with E-state index in [4.69, 9.17) is 9.47 Å². The van der Waals surface area contributed by atoms with Crippen molar-refractivity contribution in [2.45, 2.75) is 64.9 Å². The SMILES string of the molecule is CC(C)(C)OC(=O)CC1COc2sc(NC(=O)C3CC3)c(C(=O)NCC3CC3)c2C1.[HH]. The molecule has 2 amide bonds. The Morgan fingerprint density at radius 1 is 1.17 bits per heavy atom. The van der Waals surface area contributed by atoms with E-state index in [9.17, 15) is 14.4 Å². The minimum atomic E-state index is -0.533. The van der Waals surface area contributed by atoms with Gasteiger partial charge in [-0.05, 0) is 58.8 Å². The van der Waals surface area contributed by atoms with Gasteiger partial charge in [-0.2, -0.15) is 0 Å². The molecular formula is C22H32N2O5S. The molecule has 1 unspecified atom stereocenters. The molecule has 2 saturated carbocycles. The van der Waals surface area contributed by atoms with Crippen molar-refractivity contribution >= 4 is 34.1 Å². The van der Waals surface area contributed by atoms with Crippen LogP contribution in [0, 0.1) is 17.8 Å². The molecule has 1 aromatic rings. The molecule has 0 bridgehead atoms. The summed E-state index contributed by atoms with van der Waals surface area (Å²) in [4.78, 5) is 37.6. The zero-order chi connectivity index (χ0) is 21.5. The van der Waals surface area contributed by atoms with E-state index in [0.717, 1.165) is 31.2 Å². The van der Waals surface area contributed by atoms with Gasteiger partial charge in [0.15, 0.2) is 5.06 Å². The van der Waals surface area contributed by atoms with E-state index < -0.39 is 5.60 Å². The highest BCUT2D eigenvalue weighted by molar-refractivity contribution is 7.18. The van der Waals surface area contributed by atoms with Crippen LogP contribution in [0.2, 0.25) is 0 Å². The topological polar surface area (TPSA) is 93.7 Å². The quantitative estimate of drug-likeness (QED) is 0.635. The lowest BCUT2D eigenvalue weighted by Gasteiger charge is -2.25. The molecule has 1 aliphatic heterocycles. The highest BCUT2D eigenvalue weighted by Gasteiger charge is 2.35. The van der Waals surface area contributed by atoms with Gasteiger partial charge in [-0.25, -0.2) is 0 Å². The summed E-state index contributed by atoms with van der Waals surface area (Å²) in [6.07, 6.45) is 4.88. The summed E-state index contributed by atoms with van der Waals surface area (Å²) in [5, 5.41) is 7.18. The van der Waals surface area contributed by atoms with Gasteiger partial charge in [0, 0.05) is 25.4 Å². The number of hydrogen-bond acceptors (Lipinski definition) is 6. The van der Waals surface area contributed by atoms with Crippen molar-refractivity contribution in [2.75, 3.05) is 18.5 Å². The Balaban J connectivity index is 0.00000272. The number of ether oxygens (including phenoxy) is 2. The van der Waals surface area contributed by atoms with Gasteiger partial charge in [0.25, 0.3) is 5.91 Å². The summed E-state index contributed by atoms with van der Waals surface area (Å²) in [6.45, 7) is 6.58. The predicted molar refractivity (Wildman–Crippen MR) is 116 cm³/mol. The summed E-state index contributed by atoms with van der Waals surface area (Å²) < 4.78 is 11.4. The first kappa shape index (κ1) is 21.2. The minimum Gasteiger partial charge on any atom is -0.483 e. The number of carbonyl (C=O) groups excluding carboxylic acids is 3. The number of anilines is 1. The fourth-order valence-electron chi connectivity index (χ4n) is 3.57. The molecule has 8 heteroatoms. The van der Waals surface area contributed by atoms with E-state index in [0.29, 0.717) is 41.1 Å². The summed E-state index contributed by atoms with van der Waals surface area (Å²) in [5.41, 5.74) is 0.756. The van der Waals surface area contributed by atoms with Crippen LogP contribution in [0.4, 0.5) is 5.00 Å². The first-order chi connectivity index (χ1) is 14.2. The Hall–Kier alpha value is -2.09. The van der Waals surface area contributed by atoms with Crippen molar-refractivity contribution in [1.82, 2.24) is 5.32 Å². The zero-order valence-corrected chi connectivity index (χ0v) is 18.7.